The molecule has 0 aliphatic heterocycles. The van der Waals surface area contributed by atoms with Gasteiger partial charge in [0.1, 0.15) is 17.3 Å². The van der Waals surface area contributed by atoms with E-state index in [2.05, 4.69) is 4.98 Å². The molecular weight excluding hydrogens is 288 g/mol. The summed E-state index contributed by atoms with van der Waals surface area (Å²) >= 11 is 6.03. The largest absolute Gasteiger partial charge is 0.507 e. The second-order valence-corrected chi connectivity index (χ2v) is 5.13. The summed E-state index contributed by atoms with van der Waals surface area (Å²) in [5.41, 5.74) is 2.43. The highest BCUT2D eigenvalue weighted by atomic mass is 35.5. The molecule has 1 heterocycles. The highest BCUT2D eigenvalue weighted by Gasteiger charge is 2.15. The van der Waals surface area contributed by atoms with Crippen LogP contribution in [0.3, 0.4) is 0 Å². The van der Waals surface area contributed by atoms with Crippen LogP contribution in [0.25, 0.3) is 22.4 Å². The first kappa shape index (κ1) is 13.8. The van der Waals surface area contributed by atoms with Gasteiger partial charge in [-0.2, -0.15) is 0 Å². The molecule has 21 heavy (non-hydrogen) atoms. The van der Waals surface area contributed by atoms with Crippen molar-refractivity contribution in [3.63, 3.8) is 0 Å². The molecule has 1 aromatic heterocycles. The zero-order chi connectivity index (χ0) is 15.0. The van der Waals surface area contributed by atoms with Gasteiger partial charge in [0.15, 0.2) is 0 Å². The van der Waals surface area contributed by atoms with Crippen molar-refractivity contribution in [1.82, 2.24) is 9.55 Å². The van der Waals surface area contributed by atoms with Gasteiger partial charge in [-0.1, -0.05) is 11.6 Å². The van der Waals surface area contributed by atoms with E-state index in [9.17, 15) is 5.11 Å². The standard InChI is InChI=1S/C16H15ClN2O2/c1-3-19-14-6-4-10(17)8-13(14)18-16(19)12-9-11(21-2)5-7-15(12)20/h4-9,20H,3H2,1-2H3. The maximum absolute atomic E-state index is 10.1. The van der Waals surface area contributed by atoms with Crippen molar-refractivity contribution in [1.29, 1.82) is 0 Å². The molecule has 1 N–H and O–H groups in total. The molecule has 0 fully saturated rings. The van der Waals surface area contributed by atoms with Crippen molar-refractivity contribution < 1.29 is 9.84 Å². The van der Waals surface area contributed by atoms with Crippen molar-refractivity contribution in [2.75, 3.05) is 7.11 Å². The molecule has 0 amide bonds. The Morgan fingerprint density at radius 1 is 1.24 bits per heavy atom. The lowest BCUT2D eigenvalue weighted by Gasteiger charge is -2.09. The highest BCUT2D eigenvalue weighted by Crippen LogP contribution is 2.34. The van der Waals surface area contributed by atoms with Gasteiger partial charge in [0, 0.05) is 11.6 Å². The number of aromatic hydroxyl groups is 1. The molecule has 4 nitrogen and oxygen atoms in total. The SMILES string of the molecule is CCn1c(-c2cc(OC)ccc2O)nc2cc(Cl)ccc21. The Labute approximate surface area is 127 Å². The number of hydrogen-bond acceptors (Lipinski definition) is 3. The average molecular weight is 303 g/mol. The molecule has 0 unspecified atom stereocenters. The Morgan fingerprint density at radius 3 is 2.76 bits per heavy atom. The number of rotatable bonds is 3. The third-order valence-corrected chi connectivity index (χ3v) is 3.71. The van der Waals surface area contributed by atoms with Crippen LogP contribution in [0.5, 0.6) is 11.5 Å². The normalized spacial score (nSPS) is 11.0. The molecule has 0 saturated carbocycles. The predicted octanol–water partition coefficient (Wildman–Crippen LogP) is 4.09. The van der Waals surface area contributed by atoms with E-state index in [4.69, 9.17) is 16.3 Å². The zero-order valence-electron chi connectivity index (χ0n) is 11.8. The lowest BCUT2D eigenvalue weighted by atomic mass is 10.1. The highest BCUT2D eigenvalue weighted by molar-refractivity contribution is 6.31. The molecule has 0 aliphatic rings. The zero-order valence-corrected chi connectivity index (χ0v) is 12.6. The molecule has 2 aromatic carbocycles. The van der Waals surface area contributed by atoms with E-state index in [0.717, 1.165) is 17.6 Å². The van der Waals surface area contributed by atoms with E-state index in [1.165, 1.54) is 0 Å². The minimum Gasteiger partial charge on any atom is -0.507 e. The molecule has 0 aliphatic carbocycles. The monoisotopic (exact) mass is 302 g/mol. The first-order chi connectivity index (χ1) is 10.1. The summed E-state index contributed by atoms with van der Waals surface area (Å²) in [5.74, 6) is 1.55. The molecule has 3 aromatic rings. The van der Waals surface area contributed by atoms with Crippen molar-refractivity contribution in [3.8, 4) is 22.9 Å². The fourth-order valence-corrected chi connectivity index (χ4v) is 2.62. The van der Waals surface area contributed by atoms with Gasteiger partial charge in [-0.25, -0.2) is 4.98 Å². The fraction of sp³-hybridized carbons (Fsp3) is 0.188. The molecular formula is C16H15ClN2O2. The molecule has 0 radical (unpaired) electrons. The number of phenols is 1. The second-order valence-electron chi connectivity index (χ2n) is 4.70. The Balaban J connectivity index is 2.29. The third kappa shape index (κ3) is 2.32. The molecule has 108 valence electrons. The van der Waals surface area contributed by atoms with Crippen LogP contribution in [0.15, 0.2) is 36.4 Å². The number of ether oxygens (including phenoxy) is 1. The number of halogens is 1. The van der Waals surface area contributed by atoms with Crippen molar-refractivity contribution in [2.24, 2.45) is 0 Å². The number of nitrogens with zero attached hydrogens (tertiary/aromatic N) is 2. The fourth-order valence-electron chi connectivity index (χ4n) is 2.45. The molecule has 5 heteroatoms. The second kappa shape index (κ2) is 5.30. The summed E-state index contributed by atoms with van der Waals surface area (Å²) in [6.07, 6.45) is 0. The molecule has 0 bridgehead atoms. The summed E-state index contributed by atoms with van der Waals surface area (Å²) < 4.78 is 7.27. The van der Waals surface area contributed by atoms with Gasteiger partial charge in [0.25, 0.3) is 0 Å². The van der Waals surface area contributed by atoms with E-state index in [1.807, 2.05) is 29.7 Å². The number of hydrogen-bond donors (Lipinski definition) is 1. The van der Waals surface area contributed by atoms with Crippen LogP contribution in [0.1, 0.15) is 6.92 Å². The lowest BCUT2D eigenvalue weighted by Crippen LogP contribution is -1.98. The van der Waals surface area contributed by atoms with E-state index in [1.54, 1.807) is 25.3 Å². The average Bonchev–Trinajstić information content (AvgIpc) is 2.85. The quantitative estimate of drug-likeness (QED) is 0.792. The van der Waals surface area contributed by atoms with Gasteiger partial charge in [-0.3, -0.25) is 0 Å². The van der Waals surface area contributed by atoms with E-state index in [0.29, 0.717) is 22.2 Å². The van der Waals surface area contributed by atoms with Crippen LogP contribution in [-0.4, -0.2) is 21.8 Å². The van der Waals surface area contributed by atoms with Crippen LogP contribution in [-0.2, 0) is 6.54 Å². The van der Waals surface area contributed by atoms with E-state index >= 15 is 0 Å². The maximum atomic E-state index is 10.1. The van der Waals surface area contributed by atoms with Gasteiger partial charge in [-0.15, -0.1) is 0 Å². The van der Waals surface area contributed by atoms with Crippen molar-refractivity contribution >= 4 is 22.6 Å². The molecule has 0 saturated heterocycles. The number of imidazole rings is 1. The number of aryl methyl sites for hydroxylation is 1. The minimum absolute atomic E-state index is 0.173. The number of methoxy groups -OCH3 is 1. The summed E-state index contributed by atoms with van der Waals surface area (Å²) in [5, 5.41) is 10.8. The first-order valence-corrected chi connectivity index (χ1v) is 7.05. The van der Waals surface area contributed by atoms with Crippen molar-refractivity contribution in [2.45, 2.75) is 13.5 Å². The van der Waals surface area contributed by atoms with Crippen LogP contribution in [0.2, 0.25) is 5.02 Å². The number of benzene rings is 2. The Kier molecular flexibility index (Phi) is 3.47. The first-order valence-electron chi connectivity index (χ1n) is 6.67. The van der Waals surface area contributed by atoms with Crippen LogP contribution in [0, 0.1) is 0 Å². The Bertz CT molecular complexity index is 811. The number of phenolic OH excluding ortho intramolecular Hbond substituents is 1. The van der Waals surface area contributed by atoms with E-state index < -0.39 is 0 Å². The van der Waals surface area contributed by atoms with Crippen molar-refractivity contribution in [3.05, 3.63) is 41.4 Å². The van der Waals surface area contributed by atoms with Crippen LogP contribution in [0.4, 0.5) is 0 Å². The Morgan fingerprint density at radius 2 is 2.05 bits per heavy atom. The summed E-state index contributed by atoms with van der Waals surface area (Å²) in [4.78, 5) is 4.61. The maximum Gasteiger partial charge on any atom is 0.145 e. The topological polar surface area (TPSA) is 47.3 Å². The van der Waals surface area contributed by atoms with Crippen LogP contribution >= 0.6 is 11.6 Å². The summed E-state index contributed by atoms with van der Waals surface area (Å²) in [7, 11) is 1.60. The Hall–Kier alpha value is -2.20. The predicted molar refractivity (Wildman–Crippen MR) is 84.1 cm³/mol. The minimum atomic E-state index is 0.173. The molecule has 0 atom stereocenters. The third-order valence-electron chi connectivity index (χ3n) is 3.47. The van der Waals surface area contributed by atoms with E-state index in [-0.39, 0.29) is 5.75 Å². The molecule has 0 spiro atoms. The van der Waals surface area contributed by atoms with Gasteiger partial charge in [0.05, 0.1) is 23.7 Å². The smallest absolute Gasteiger partial charge is 0.145 e. The van der Waals surface area contributed by atoms with Gasteiger partial charge >= 0.3 is 0 Å². The number of aromatic nitrogens is 2. The van der Waals surface area contributed by atoms with Crippen LogP contribution < -0.4 is 4.74 Å². The van der Waals surface area contributed by atoms with Gasteiger partial charge < -0.3 is 14.4 Å². The molecule has 3 rings (SSSR count). The number of fused-ring (bicyclic) bond motifs is 1. The lowest BCUT2D eigenvalue weighted by molar-refractivity contribution is 0.412. The summed E-state index contributed by atoms with van der Waals surface area (Å²) in [6.45, 7) is 2.78. The van der Waals surface area contributed by atoms with Gasteiger partial charge in [-0.05, 0) is 43.3 Å². The van der Waals surface area contributed by atoms with Gasteiger partial charge in [0.2, 0.25) is 0 Å². The summed E-state index contributed by atoms with van der Waals surface area (Å²) in [6, 6.07) is 10.7.